The molecule has 0 saturated heterocycles. The van der Waals surface area contributed by atoms with E-state index in [4.69, 9.17) is 4.74 Å². The van der Waals surface area contributed by atoms with Gasteiger partial charge in [-0.3, -0.25) is 4.79 Å². The van der Waals surface area contributed by atoms with Crippen LogP contribution in [0.25, 0.3) is 0 Å². The maximum Gasteiger partial charge on any atom is 0.390 e. The van der Waals surface area contributed by atoms with E-state index in [-0.39, 0.29) is 12.5 Å². The molecule has 0 radical (unpaired) electrons. The molecule has 0 spiro atoms. The molecule has 0 saturated carbocycles. The second kappa shape index (κ2) is 9.25. The third-order valence-electron chi connectivity index (χ3n) is 3.29. The minimum Gasteiger partial charge on any atom is -0.465 e. The van der Waals surface area contributed by atoms with Gasteiger partial charge in [-0.1, -0.05) is 6.92 Å². The van der Waals surface area contributed by atoms with Crippen molar-refractivity contribution < 1.29 is 22.7 Å². The summed E-state index contributed by atoms with van der Waals surface area (Å²) in [5.41, 5.74) is -0.782. The smallest absolute Gasteiger partial charge is 0.390 e. The van der Waals surface area contributed by atoms with E-state index in [0.29, 0.717) is 32.5 Å². The Morgan fingerprint density at radius 2 is 1.81 bits per heavy atom. The lowest BCUT2D eigenvalue weighted by Gasteiger charge is -2.29. The summed E-state index contributed by atoms with van der Waals surface area (Å²) in [5.74, 6) is -0.315. The molecule has 7 heteroatoms. The molecule has 0 aliphatic heterocycles. The first-order valence-corrected chi connectivity index (χ1v) is 7.32. The Balaban J connectivity index is 4.22. The predicted molar refractivity (Wildman–Crippen MR) is 76.1 cm³/mol. The van der Waals surface area contributed by atoms with Gasteiger partial charge in [-0.25, -0.2) is 0 Å². The molecule has 0 rings (SSSR count). The second-order valence-electron chi connectivity index (χ2n) is 5.35. The molecule has 0 aromatic carbocycles. The topological polar surface area (TPSA) is 41.6 Å². The third-order valence-corrected chi connectivity index (χ3v) is 3.29. The van der Waals surface area contributed by atoms with Gasteiger partial charge in [0.2, 0.25) is 0 Å². The van der Waals surface area contributed by atoms with Gasteiger partial charge < -0.3 is 15.0 Å². The number of esters is 1. The van der Waals surface area contributed by atoms with Crippen molar-refractivity contribution >= 4 is 5.97 Å². The first kappa shape index (κ1) is 20.2. The Labute approximate surface area is 125 Å². The summed E-state index contributed by atoms with van der Waals surface area (Å²) in [6.45, 7) is 6.83. The van der Waals surface area contributed by atoms with E-state index in [2.05, 4.69) is 5.32 Å². The van der Waals surface area contributed by atoms with Crippen LogP contribution in [0.5, 0.6) is 0 Å². The van der Waals surface area contributed by atoms with Crippen molar-refractivity contribution in [2.75, 3.05) is 33.3 Å². The number of carbonyl (C=O) groups is 1. The number of nitrogens with one attached hydrogen (secondary N) is 1. The molecule has 0 aliphatic carbocycles. The van der Waals surface area contributed by atoms with E-state index >= 15 is 0 Å². The molecular weight excluding hydrogens is 285 g/mol. The fourth-order valence-corrected chi connectivity index (χ4v) is 2.08. The first-order valence-electron chi connectivity index (χ1n) is 7.32. The zero-order valence-electron chi connectivity index (χ0n) is 13.3. The van der Waals surface area contributed by atoms with Crippen molar-refractivity contribution in [3.8, 4) is 0 Å². The highest BCUT2D eigenvalue weighted by molar-refractivity contribution is 5.80. The van der Waals surface area contributed by atoms with Gasteiger partial charge in [0.1, 0.15) is 5.54 Å². The van der Waals surface area contributed by atoms with Gasteiger partial charge in [-0.2, -0.15) is 13.2 Å². The minimum absolute atomic E-state index is 0.0270. The van der Waals surface area contributed by atoms with Crippen LogP contribution in [-0.4, -0.2) is 55.9 Å². The van der Waals surface area contributed by atoms with Crippen LogP contribution in [0, 0.1) is 0 Å². The molecule has 1 unspecified atom stereocenters. The average Bonchev–Trinajstić information content (AvgIpc) is 2.36. The summed E-state index contributed by atoms with van der Waals surface area (Å²) in [7, 11) is 1.65. The number of ether oxygens (including phenoxy) is 1. The molecule has 21 heavy (non-hydrogen) atoms. The SMILES string of the molecule is CCNC(C)(CCCN(C)CCC(F)(F)F)C(=O)OCC. The molecule has 0 fully saturated rings. The number of hydrogen-bond donors (Lipinski definition) is 1. The van der Waals surface area contributed by atoms with Crippen LogP contribution in [0.2, 0.25) is 0 Å². The Morgan fingerprint density at radius 1 is 1.19 bits per heavy atom. The lowest BCUT2D eigenvalue weighted by Crippen LogP contribution is -2.50. The quantitative estimate of drug-likeness (QED) is 0.630. The minimum atomic E-state index is -4.13. The van der Waals surface area contributed by atoms with Gasteiger partial charge in [0, 0.05) is 6.54 Å². The first-order chi connectivity index (χ1) is 9.64. The van der Waals surface area contributed by atoms with Crippen LogP contribution in [0.1, 0.15) is 40.0 Å². The predicted octanol–water partition coefficient (Wildman–Crippen LogP) is 2.58. The maximum absolute atomic E-state index is 12.1. The number of alkyl halides is 3. The van der Waals surface area contributed by atoms with E-state index in [1.807, 2.05) is 6.92 Å². The molecule has 0 bridgehead atoms. The van der Waals surface area contributed by atoms with E-state index < -0.39 is 18.1 Å². The fraction of sp³-hybridized carbons (Fsp3) is 0.929. The number of hydrogen-bond acceptors (Lipinski definition) is 4. The molecule has 126 valence electrons. The van der Waals surface area contributed by atoms with Gasteiger partial charge in [0.25, 0.3) is 0 Å². The van der Waals surface area contributed by atoms with Crippen LogP contribution in [0.15, 0.2) is 0 Å². The number of halogens is 3. The monoisotopic (exact) mass is 312 g/mol. The molecule has 0 amide bonds. The van der Waals surface area contributed by atoms with Crippen LogP contribution in [-0.2, 0) is 9.53 Å². The van der Waals surface area contributed by atoms with Crippen LogP contribution in [0.4, 0.5) is 13.2 Å². The standard InChI is InChI=1S/C14H27F3N2O2/c1-5-18-13(3,12(20)21-6-2)8-7-10-19(4)11-9-14(15,16)17/h18H,5-11H2,1-4H3. The highest BCUT2D eigenvalue weighted by atomic mass is 19.4. The van der Waals surface area contributed by atoms with Crippen molar-refractivity contribution in [2.45, 2.75) is 51.7 Å². The normalized spacial score (nSPS) is 15.0. The largest absolute Gasteiger partial charge is 0.465 e. The van der Waals surface area contributed by atoms with Gasteiger partial charge in [0.15, 0.2) is 0 Å². The summed E-state index contributed by atoms with van der Waals surface area (Å²) in [5, 5.41) is 3.10. The Hall–Kier alpha value is -0.820. The van der Waals surface area contributed by atoms with Gasteiger partial charge in [-0.05, 0) is 46.8 Å². The number of nitrogens with zero attached hydrogens (tertiary/aromatic N) is 1. The lowest BCUT2D eigenvalue weighted by molar-refractivity contribution is -0.150. The zero-order chi connectivity index (χ0) is 16.5. The van der Waals surface area contributed by atoms with Crippen LogP contribution >= 0.6 is 0 Å². The summed E-state index contributed by atoms with van der Waals surface area (Å²) >= 11 is 0. The Morgan fingerprint density at radius 3 is 2.29 bits per heavy atom. The third kappa shape index (κ3) is 8.93. The zero-order valence-corrected chi connectivity index (χ0v) is 13.3. The summed E-state index contributed by atoms with van der Waals surface area (Å²) in [6, 6.07) is 0. The average molecular weight is 312 g/mol. The molecule has 1 N–H and O–H groups in total. The molecule has 0 heterocycles. The van der Waals surface area contributed by atoms with Crippen molar-refractivity contribution in [2.24, 2.45) is 0 Å². The van der Waals surface area contributed by atoms with Crippen molar-refractivity contribution in [1.82, 2.24) is 10.2 Å². The van der Waals surface area contributed by atoms with E-state index in [1.165, 1.54) is 0 Å². The molecular formula is C14H27F3N2O2. The van der Waals surface area contributed by atoms with Gasteiger partial charge >= 0.3 is 12.1 Å². The van der Waals surface area contributed by atoms with Crippen molar-refractivity contribution in [3.63, 3.8) is 0 Å². The molecule has 0 aromatic rings. The summed E-state index contributed by atoms with van der Waals surface area (Å²) in [4.78, 5) is 13.6. The van der Waals surface area contributed by atoms with Gasteiger partial charge in [0.05, 0.1) is 13.0 Å². The van der Waals surface area contributed by atoms with Crippen LogP contribution in [0.3, 0.4) is 0 Å². The summed E-state index contributed by atoms with van der Waals surface area (Å²) in [6.07, 6.45) is -3.80. The molecule has 0 aromatic heterocycles. The number of carbonyl (C=O) groups excluding carboxylic acids is 1. The van der Waals surface area contributed by atoms with Crippen molar-refractivity contribution in [1.29, 1.82) is 0 Å². The maximum atomic E-state index is 12.1. The van der Waals surface area contributed by atoms with Crippen molar-refractivity contribution in [3.05, 3.63) is 0 Å². The molecule has 1 atom stereocenters. The highest BCUT2D eigenvalue weighted by Crippen LogP contribution is 2.20. The van der Waals surface area contributed by atoms with E-state index in [9.17, 15) is 18.0 Å². The Bertz CT molecular complexity index is 311. The van der Waals surface area contributed by atoms with E-state index in [1.54, 1.807) is 25.8 Å². The molecule has 0 aliphatic rings. The highest BCUT2D eigenvalue weighted by Gasteiger charge is 2.33. The van der Waals surface area contributed by atoms with E-state index in [0.717, 1.165) is 0 Å². The Kier molecular flexibility index (Phi) is 8.89. The second-order valence-corrected chi connectivity index (χ2v) is 5.35. The number of likely N-dealkylation sites (N-methyl/N-ethyl adjacent to an activating group) is 1. The number of rotatable bonds is 10. The van der Waals surface area contributed by atoms with Crippen LogP contribution < -0.4 is 5.32 Å². The van der Waals surface area contributed by atoms with Gasteiger partial charge in [-0.15, -0.1) is 0 Å². The fourth-order valence-electron chi connectivity index (χ4n) is 2.08. The summed E-state index contributed by atoms with van der Waals surface area (Å²) < 4.78 is 41.4. The molecule has 4 nitrogen and oxygen atoms in total. The lowest BCUT2D eigenvalue weighted by atomic mass is 9.95.